The highest BCUT2D eigenvalue weighted by atomic mass is 19.1. The second kappa shape index (κ2) is 9.29. The van der Waals surface area contributed by atoms with Crippen molar-refractivity contribution in [3.05, 3.63) is 29.8 Å². The van der Waals surface area contributed by atoms with Crippen molar-refractivity contribution in [2.45, 2.75) is 32.2 Å². The number of hydrogen-bond acceptors (Lipinski definition) is 4. The number of aliphatic carboxylic acids is 1. The van der Waals surface area contributed by atoms with Crippen LogP contribution >= 0.6 is 0 Å². The third kappa shape index (κ3) is 5.90. The maximum Gasteiger partial charge on any atom is 0.323 e. The quantitative estimate of drug-likeness (QED) is 0.806. The molecule has 148 valence electrons. The fourth-order valence-electron chi connectivity index (χ4n) is 3.11. The van der Waals surface area contributed by atoms with E-state index in [1.165, 1.54) is 11.8 Å². The number of hydrogen-bond donors (Lipinski definition) is 1. The van der Waals surface area contributed by atoms with Gasteiger partial charge in [0.25, 0.3) is 5.91 Å². The minimum atomic E-state index is -1.09. The van der Waals surface area contributed by atoms with E-state index in [4.69, 9.17) is 9.84 Å². The molecule has 1 aliphatic rings. The number of carbonyl (C=O) groups is 3. The van der Waals surface area contributed by atoms with Crippen LogP contribution in [0.25, 0.3) is 0 Å². The predicted octanol–water partition coefficient (Wildman–Crippen LogP) is 1.66. The molecule has 0 saturated carbocycles. The average molecular weight is 384 g/mol. The van der Waals surface area contributed by atoms with E-state index in [-0.39, 0.29) is 30.2 Å². The van der Waals surface area contributed by atoms with Crippen molar-refractivity contribution in [3.8, 4) is 5.75 Å². The lowest BCUT2D eigenvalue weighted by molar-refractivity contribution is -0.145. The minimum absolute atomic E-state index is 0.207. The van der Waals surface area contributed by atoms with Gasteiger partial charge in [0.1, 0.15) is 12.4 Å². The zero-order chi connectivity index (χ0) is 20.0. The lowest BCUT2D eigenvalue weighted by atomic mass is 10.1. The monoisotopic (exact) mass is 384 g/mol. The predicted molar refractivity (Wildman–Crippen MR) is 91.1 cm³/mol. The summed E-state index contributed by atoms with van der Waals surface area (Å²) in [6, 6.07) is 2.58. The molecule has 1 heterocycles. The summed E-state index contributed by atoms with van der Waals surface area (Å²) in [6.07, 6.45) is 1.64. The van der Waals surface area contributed by atoms with Gasteiger partial charge < -0.3 is 19.6 Å². The second-order valence-electron chi connectivity index (χ2n) is 6.37. The van der Waals surface area contributed by atoms with Crippen molar-refractivity contribution in [2.75, 3.05) is 26.2 Å². The number of carboxylic acid groups (broad SMARTS) is 1. The topological polar surface area (TPSA) is 87.2 Å². The minimum Gasteiger partial charge on any atom is -0.481 e. The first kappa shape index (κ1) is 20.6. The van der Waals surface area contributed by atoms with E-state index in [1.807, 2.05) is 0 Å². The van der Waals surface area contributed by atoms with E-state index in [9.17, 15) is 23.2 Å². The smallest absolute Gasteiger partial charge is 0.323 e. The third-order valence-corrected chi connectivity index (χ3v) is 4.45. The number of nitrogens with zero attached hydrogens (tertiary/aromatic N) is 2. The molecule has 0 spiro atoms. The van der Waals surface area contributed by atoms with Gasteiger partial charge in [0, 0.05) is 32.1 Å². The van der Waals surface area contributed by atoms with Crippen LogP contribution < -0.4 is 4.74 Å². The van der Waals surface area contributed by atoms with E-state index >= 15 is 0 Å². The van der Waals surface area contributed by atoms with Crippen LogP contribution in [0.15, 0.2) is 18.2 Å². The number of ether oxygens (including phenoxy) is 1. The van der Waals surface area contributed by atoms with E-state index < -0.39 is 24.2 Å². The first-order valence-electron chi connectivity index (χ1n) is 8.62. The standard InChI is InChI=1S/C18H22F2N2O5/c1-12(23)22(10-18(25)26)14-3-2-7-21(8-6-14)17(24)11-27-16-5-4-13(19)9-15(16)20/h4-5,9,14H,2-3,6-8,10-11H2,1H3,(H,25,26). The van der Waals surface area contributed by atoms with Crippen molar-refractivity contribution >= 4 is 17.8 Å². The van der Waals surface area contributed by atoms with Crippen LogP contribution in [0.4, 0.5) is 8.78 Å². The van der Waals surface area contributed by atoms with Crippen LogP contribution in [-0.2, 0) is 14.4 Å². The largest absolute Gasteiger partial charge is 0.481 e. The van der Waals surface area contributed by atoms with Gasteiger partial charge in [-0.15, -0.1) is 0 Å². The van der Waals surface area contributed by atoms with Crippen LogP contribution in [-0.4, -0.2) is 65.0 Å². The van der Waals surface area contributed by atoms with E-state index in [0.717, 1.165) is 12.1 Å². The Morgan fingerprint density at radius 2 is 2.00 bits per heavy atom. The van der Waals surface area contributed by atoms with Crippen molar-refractivity contribution in [2.24, 2.45) is 0 Å². The van der Waals surface area contributed by atoms with Gasteiger partial charge in [-0.05, 0) is 31.4 Å². The summed E-state index contributed by atoms with van der Waals surface area (Å²) in [4.78, 5) is 37.8. The average Bonchev–Trinajstić information content (AvgIpc) is 2.84. The third-order valence-electron chi connectivity index (χ3n) is 4.45. The Morgan fingerprint density at radius 3 is 2.63 bits per heavy atom. The van der Waals surface area contributed by atoms with Gasteiger partial charge in [-0.25, -0.2) is 8.78 Å². The molecule has 1 saturated heterocycles. The van der Waals surface area contributed by atoms with Crippen LogP contribution in [0.2, 0.25) is 0 Å². The van der Waals surface area contributed by atoms with Gasteiger partial charge in [-0.1, -0.05) is 0 Å². The number of likely N-dealkylation sites (tertiary alicyclic amines) is 1. The molecule has 1 unspecified atom stereocenters. The highest BCUT2D eigenvalue weighted by molar-refractivity contribution is 5.80. The number of carboxylic acids is 1. The molecular weight excluding hydrogens is 362 g/mol. The van der Waals surface area contributed by atoms with Gasteiger partial charge in [0.2, 0.25) is 5.91 Å². The van der Waals surface area contributed by atoms with Crippen LogP contribution in [0.3, 0.4) is 0 Å². The van der Waals surface area contributed by atoms with Gasteiger partial charge in [-0.2, -0.15) is 0 Å². The molecule has 1 aromatic carbocycles. The Hall–Kier alpha value is -2.71. The van der Waals surface area contributed by atoms with Crippen molar-refractivity contribution in [1.29, 1.82) is 0 Å². The molecule has 1 aliphatic heterocycles. The summed E-state index contributed by atoms with van der Waals surface area (Å²) in [7, 11) is 0. The molecule has 2 rings (SSSR count). The molecule has 0 bridgehead atoms. The first-order valence-corrected chi connectivity index (χ1v) is 8.62. The van der Waals surface area contributed by atoms with Gasteiger partial charge >= 0.3 is 5.97 Å². The van der Waals surface area contributed by atoms with Crippen molar-refractivity contribution in [3.63, 3.8) is 0 Å². The summed E-state index contributed by atoms with van der Waals surface area (Å²) >= 11 is 0. The highest BCUT2D eigenvalue weighted by Gasteiger charge is 2.27. The molecule has 0 aromatic heterocycles. The maximum atomic E-state index is 13.6. The molecule has 0 aliphatic carbocycles. The van der Waals surface area contributed by atoms with Gasteiger partial charge in [-0.3, -0.25) is 14.4 Å². The number of benzene rings is 1. The molecular formula is C18H22F2N2O5. The number of carbonyl (C=O) groups excluding carboxylic acids is 2. The Balaban J connectivity index is 1.91. The van der Waals surface area contributed by atoms with Crippen molar-refractivity contribution in [1.82, 2.24) is 9.80 Å². The number of rotatable bonds is 6. The number of halogens is 2. The summed E-state index contributed by atoms with van der Waals surface area (Å²) in [5.74, 6) is -3.59. The number of amides is 2. The summed E-state index contributed by atoms with van der Waals surface area (Å²) in [5, 5.41) is 8.96. The molecule has 1 fully saturated rings. The van der Waals surface area contributed by atoms with Crippen LogP contribution in [0.5, 0.6) is 5.75 Å². The zero-order valence-electron chi connectivity index (χ0n) is 15.0. The SMILES string of the molecule is CC(=O)N(CC(=O)O)C1CCCN(C(=O)COc2ccc(F)cc2F)CC1. The van der Waals surface area contributed by atoms with E-state index in [2.05, 4.69) is 0 Å². The Labute approximate surface area is 155 Å². The summed E-state index contributed by atoms with van der Waals surface area (Å²) in [5.41, 5.74) is 0. The highest BCUT2D eigenvalue weighted by Crippen LogP contribution is 2.19. The molecule has 7 nitrogen and oxygen atoms in total. The first-order chi connectivity index (χ1) is 12.8. The molecule has 1 N–H and O–H groups in total. The maximum absolute atomic E-state index is 13.6. The van der Waals surface area contributed by atoms with E-state index in [0.29, 0.717) is 38.4 Å². The van der Waals surface area contributed by atoms with Gasteiger partial charge in [0.05, 0.1) is 0 Å². The molecule has 0 radical (unpaired) electrons. The van der Waals surface area contributed by atoms with Gasteiger partial charge in [0.15, 0.2) is 18.2 Å². The van der Waals surface area contributed by atoms with Crippen molar-refractivity contribution < 1.29 is 33.0 Å². The molecule has 1 aromatic rings. The molecule has 9 heteroatoms. The molecule has 2 amide bonds. The normalized spacial score (nSPS) is 17.1. The summed E-state index contributed by atoms with van der Waals surface area (Å²) < 4.78 is 31.6. The van der Waals surface area contributed by atoms with E-state index in [1.54, 1.807) is 4.90 Å². The fourth-order valence-corrected chi connectivity index (χ4v) is 3.11. The Morgan fingerprint density at radius 1 is 1.26 bits per heavy atom. The molecule has 27 heavy (non-hydrogen) atoms. The Kier molecular flexibility index (Phi) is 7.09. The van der Waals surface area contributed by atoms with Crippen LogP contribution in [0.1, 0.15) is 26.2 Å². The fraction of sp³-hybridized carbons (Fsp3) is 0.500. The second-order valence-corrected chi connectivity index (χ2v) is 6.37. The summed E-state index contributed by atoms with van der Waals surface area (Å²) in [6.45, 7) is 1.33. The van der Waals surface area contributed by atoms with Crippen LogP contribution in [0, 0.1) is 11.6 Å². The zero-order valence-corrected chi connectivity index (χ0v) is 15.0. The lowest BCUT2D eigenvalue weighted by Gasteiger charge is -2.28. The lowest BCUT2D eigenvalue weighted by Crippen LogP contribution is -2.43. The molecule has 1 atom stereocenters. The Bertz CT molecular complexity index is 713.